The molecule has 0 unspecified atom stereocenters. The molecule has 2 aromatic rings. The first kappa shape index (κ1) is 13.1. The van der Waals surface area contributed by atoms with E-state index in [0.29, 0.717) is 17.2 Å². The Bertz CT molecular complexity index is 515. The SMILES string of the molecule is COc1cc(Nc2[c]cccc2)cc(OC)c1OC. The Morgan fingerprint density at radius 3 is 2.11 bits per heavy atom. The molecule has 0 aliphatic rings. The van der Waals surface area contributed by atoms with Crippen LogP contribution in [0.5, 0.6) is 17.2 Å². The van der Waals surface area contributed by atoms with Crippen molar-refractivity contribution in [1.82, 2.24) is 0 Å². The largest absolute Gasteiger partial charge is 0.493 e. The van der Waals surface area contributed by atoms with Crippen LogP contribution in [0, 0.1) is 6.07 Å². The molecule has 0 atom stereocenters. The fourth-order valence-corrected chi connectivity index (χ4v) is 1.78. The predicted molar refractivity (Wildman–Crippen MR) is 74.7 cm³/mol. The average molecular weight is 258 g/mol. The van der Waals surface area contributed by atoms with E-state index in [4.69, 9.17) is 14.2 Å². The average Bonchev–Trinajstić information content (AvgIpc) is 2.47. The molecule has 0 spiro atoms. The molecule has 0 aliphatic heterocycles. The summed E-state index contributed by atoms with van der Waals surface area (Å²) < 4.78 is 15.9. The van der Waals surface area contributed by atoms with Crippen LogP contribution >= 0.6 is 0 Å². The lowest BCUT2D eigenvalue weighted by Gasteiger charge is -2.15. The van der Waals surface area contributed by atoms with Gasteiger partial charge < -0.3 is 19.5 Å². The molecule has 0 aromatic heterocycles. The van der Waals surface area contributed by atoms with E-state index in [9.17, 15) is 0 Å². The van der Waals surface area contributed by atoms with Gasteiger partial charge in [0.05, 0.1) is 21.3 Å². The Labute approximate surface area is 112 Å². The molecule has 99 valence electrons. The third-order valence-corrected chi connectivity index (χ3v) is 2.65. The Hall–Kier alpha value is -2.36. The number of hydrogen-bond donors (Lipinski definition) is 1. The molecule has 1 N–H and O–H groups in total. The zero-order valence-electron chi connectivity index (χ0n) is 11.2. The number of para-hydroxylation sites is 1. The number of anilines is 2. The molecule has 0 aliphatic carbocycles. The van der Waals surface area contributed by atoms with Crippen molar-refractivity contribution in [3.8, 4) is 17.2 Å². The molecule has 4 nitrogen and oxygen atoms in total. The Balaban J connectivity index is 2.36. The van der Waals surface area contributed by atoms with Crippen LogP contribution in [0.4, 0.5) is 11.4 Å². The van der Waals surface area contributed by atoms with Crippen molar-refractivity contribution in [3.63, 3.8) is 0 Å². The van der Waals surface area contributed by atoms with Gasteiger partial charge in [-0.3, -0.25) is 0 Å². The summed E-state index contributed by atoms with van der Waals surface area (Å²) >= 11 is 0. The van der Waals surface area contributed by atoms with E-state index >= 15 is 0 Å². The van der Waals surface area contributed by atoms with Gasteiger partial charge in [-0.25, -0.2) is 0 Å². The highest BCUT2D eigenvalue weighted by Crippen LogP contribution is 2.40. The van der Waals surface area contributed by atoms with Gasteiger partial charge in [-0.2, -0.15) is 0 Å². The Morgan fingerprint density at radius 2 is 1.63 bits per heavy atom. The molecule has 2 aromatic carbocycles. The van der Waals surface area contributed by atoms with Gasteiger partial charge in [0.15, 0.2) is 11.5 Å². The summed E-state index contributed by atoms with van der Waals surface area (Å²) in [4.78, 5) is 0. The van der Waals surface area contributed by atoms with Gasteiger partial charge in [0, 0.05) is 29.6 Å². The quantitative estimate of drug-likeness (QED) is 0.893. The maximum atomic E-state index is 5.30. The molecule has 0 amide bonds. The first-order valence-electron chi connectivity index (χ1n) is 5.82. The van der Waals surface area contributed by atoms with Crippen LogP contribution in [0.15, 0.2) is 36.4 Å². The molecule has 2 rings (SSSR count). The van der Waals surface area contributed by atoms with E-state index in [-0.39, 0.29) is 0 Å². The van der Waals surface area contributed by atoms with E-state index in [1.165, 1.54) is 0 Å². The molecule has 4 heteroatoms. The van der Waals surface area contributed by atoms with Crippen molar-refractivity contribution >= 4 is 11.4 Å². The summed E-state index contributed by atoms with van der Waals surface area (Å²) in [5.74, 6) is 1.80. The van der Waals surface area contributed by atoms with Crippen LogP contribution in [-0.4, -0.2) is 21.3 Å². The van der Waals surface area contributed by atoms with E-state index in [0.717, 1.165) is 11.4 Å². The lowest BCUT2D eigenvalue weighted by molar-refractivity contribution is 0.324. The molecule has 0 fully saturated rings. The number of nitrogens with one attached hydrogen (secondary N) is 1. The van der Waals surface area contributed by atoms with Crippen molar-refractivity contribution in [3.05, 3.63) is 42.5 Å². The second kappa shape index (κ2) is 6.00. The predicted octanol–water partition coefficient (Wildman–Crippen LogP) is 3.26. The summed E-state index contributed by atoms with van der Waals surface area (Å²) in [5.41, 5.74) is 1.72. The minimum Gasteiger partial charge on any atom is -0.493 e. The summed E-state index contributed by atoms with van der Waals surface area (Å²) in [6.07, 6.45) is 0. The highest BCUT2D eigenvalue weighted by Gasteiger charge is 2.13. The van der Waals surface area contributed by atoms with Crippen molar-refractivity contribution < 1.29 is 14.2 Å². The summed E-state index contributed by atoms with van der Waals surface area (Å²) in [5, 5.41) is 3.23. The van der Waals surface area contributed by atoms with Crippen molar-refractivity contribution in [2.24, 2.45) is 0 Å². The van der Waals surface area contributed by atoms with Crippen LogP contribution in [0.1, 0.15) is 0 Å². The van der Waals surface area contributed by atoms with Crippen molar-refractivity contribution in [1.29, 1.82) is 0 Å². The van der Waals surface area contributed by atoms with E-state index in [1.807, 2.05) is 36.4 Å². The van der Waals surface area contributed by atoms with Gasteiger partial charge in [-0.1, -0.05) is 18.2 Å². The lowest BCUT2D eigenvalue weighted by Crippen LogP contribution is -1.97. The normalized spacial score (nSPS) is 9.84. The number of methoxy groups -OCH3 is 3. The highest BCUT2D eigenvalue weighted by molar-refractivity contribution is 5.67. The second-order valence-corrected chi connectivity index (χ2v) is 3.82. The highest BCUT2D eigenvalue weighted by atomic mass is 16.5. The summed E-state index contributed by atoms with van der Waals surface area (Å²) in [7, 11) is 4.77. The first-order chi connectivity index (χ1) is 9.28. The molecular weight excluding hydrogens is 242 g/mol. The summed E-state index contributed by atoms with van der Waals surface area (Å²) in [6, 6.07) is 14.4. The smallest absolute Gasteiger partial charge is 0.203 e. The molecule has 0 saturated heterocycles. The van der Waals surface area contributed by atoms with E-state index in [2.05, 4.69) is 11.4 Å². The first-order valence-corrected chi connectivity index (χ1v) is 5.82. The standard InChI is InChI=1S/C15H16NO3/c1-17-13-9-12(10-14(18-2)15(13)19-3)16-11-7-5-4-6-8-11/h4-7,9-10,16H,1-3H3. The molecule has 0 saturated carbocycles. The van der Waals surface area contributed by atoms with Gasteiger partial charge in [0.25, 0.3) is 0 Å². The third kappa shape index (κ3) is 2.91. The zero-order chi connectivity index (χ0) is 13.7. The molecule has 19 heavy (non-hydrogen) atoms. The number of benzene rings is 2. The maximum Gasteiger partial charge on any atom is 0.203 e. The van der Waals surface area contributed by atoms with Crippen molar-refractivity contribution in [2.75, 3.05) is 26.6 Å². The van der Waals surface area contributed by atoms with Gasteiger partial charge in [-0.15, -0.1) is 0 Å². The Morgan fingerprint density at radius 1 is 0.947 bits per heavy atom. The van der Waals surface area contributed by atoms with Gasteiger partial charge in [0.1, 0.15) is 0 Å². The maximum absolute atomic E-state index is 5.30. The summed E-state index contributed by atoms with van der Waals surface area (Å²) in [6.45, 7) is 0. The number of rotatable bonds is 5. The van der Waals surface area contributed by atoms with Crippen LogP contribution in [0.25, 0.3) is 0 Å². The van der Waals surface area contributed by atoms with Gasteiger partial charge >= 0.3 is 0 Å². The van der Waals surface area contributed by atoms with Crippen LogP contribution in [-0.2, 0) is 0 Å². The minimum atomic E-state index is 0.576. The monoisotopic (exact) mass is 258 g/mol. The van der Waals surface area contributed by atoms with Crippen LogP contribution in [0.3, 0.4) is 0 Å². The molecular formula is C15H16NO3. The van der Waals surface area contributed by atoms with E-state index < -0.39 is 0 Å². The molecule has 0 heterocycles. The lowest BCUT2D eigenvalue weighted by atomic mass is 10.2. The third-order valence-electron chi connectivity index (χ3n) is 2.65. The fourth-order valence-electron chi connectivity index (χ4n) is 1.78. The van der Waals surface area contributed by atoms with Crippen LogP contribution < -0.4 is 19.5 Å². The minimum absolute atomic E-state index is 0.576. The van der Waals surface area contributed by atoms with Crippen LogP contribution in [0.2, 0.25) is 0 Å². The van der Waals surface area contributed by atoms with E-state index in [1.54, 1.807) is 21.3 Å². The Kier molecular flexibility index (Phi) is 4.13. The van der Waals surface area contributed by atoms with Crippen molar-refractivity contribution in [2.45, 2.75) is 0 Å². The number of hydrogen-bond acceptors (Lipinski definition) is 4. The molecule has 0 bridgehead atoms. The topological polar surface area (TPSA) is 39.7 Å². The zero-order valence-corrected chi connectivity index (χ0v) is 11.2. The van der Waals surface area contributed by atoms with Gasteiger partial charge in [-0.05, 0) is 6.07 Å². The second-order valence-electron chi connectivity index (χ2n) is 3.82. The molecule has 1 radical (unpaired) electrons. The number of ether oxygens (including phenoxy) is 3. The fraction of sp³-hybridized carbons (Fsp3) is 0.200. The van der Waals surface area contributed by atoms with Gasteiger partial charge in [0.2, 0.25) is 5.75 Å².